The van der Waals surface area contributed by atoms with Crippen LogP contribution in [0.15, 0.2) is 102 Å². The third-order valence-corrected chi connectivity index (χ3v) is 6.65. The third-order valence-electron chi connectivity index (χ3n) is 5.52. The lowest BCUT2D eigenvalue weighted by molar-refractivity contribution is 0.602. The Hall–Kier alpha value is -4.10. The number of halogens is 1. The number of pyridine rings is 2. The second-order valence-electron chi connectivity index (χ2n) is 7.95. The highest BCUT2D eigenvalue weighted by Gasteiger charge is 2.09. The Balaban J connectivity index is 1.46. The van der Waals surface area contributed by atoms with Gasteiger partial charge in [0.05, 0.1) is 16.1 Å². The second kappa shape index (κ2) is 8.68. The summed E-state index contributed by atoms with van der Waals surface area (Å²) in [6, 6.07) is 24.7. The van der Waals surface area contributed by atoms with Crippen molar-refractivity contribution in [1.29, 1.82) is 0 Å². The maximum absolute atomic E-state index is 13.6. The Morgan fingerprint density at radius 3 is 2.29 bits per heavy atom. The first kappa shape index (κ1) is 21.7. The van der Waals surface area contributed by atoms with Crippen LogP contribution in [0.2, 0.25) is 0 Å². The molecule has 168 valence electrons. The van der Waals surface area contributed by atoms with E-state index in [1.165, 1.54) is 18.4 Å². The minimum atomic E-state index is -3.24. The molecule has 0 aliphatic rings. The summed E-state index contributed by atoms with van der Waals surface area (Å²) in [5.41, 5.74) is 5.71. The van der Waals surface area contributed by atoms with Gasteiger partial charge in [-0.2, -0.15) is 0 Å². The van der Waals surface area contributed by atoms with E-state index in [0.29, 0.717) is 11.3 Å². The van der Waals surface area contributed by atoms with Crippen LogP contribution in [0.4, 0.5) is 15.8 Å². The highest BCUT2D eigenvalue weighted by atomic mass is 32.2. The minimum absolute atomic E-state index is 0.289. The molecule has 0 aliphatic carbocycles. The van der Waals surface area contributed by atoms with Crippen LogP contribution in [-0.2, 0) is 9.84 Å². The molecule has 2 aromatic heterocycles. The van der Waals surface area contributed by atoms with E-state index in [1.54, 1.807) is 42.7 Å². The van der Waals surface area contributed by atoms with Crippen molar-refractivity contribution in [1.82, 2.24) is 9.97 Å². The number of nitrogens with zero attached hydrogens (tertiary/aromatic N) is 2. The van der Waals surface area contributed by atoms with E-state index in [2.05, 4.69) is 15.3 Å². The number of hydrogen-bond acceptors (Lipinski definition) is 5. The first-order valence-electron chi connectivity index (χ1n) is 10.6. The number of sulfone groups is 1. The molecule has 0 saturated carbocycles. The third kappa shape index (κ3) is 4.51. The molecule has 0 bridgehead atoms. The first-order valence-corrected chi connectivity index (χ1v) is 12.4. The standard InChI is InChI=1S/C27H20FN3O2S/c1-34(32,33)23-8-5-18(6-9-23)19-7-10-24-25(12-14-30-27(24)16-19)31-22-11-13-29-26(17-22)20-3-2-4-21(28)15-20/h2-17H,1H3,(H,29,30,31). The predicted octanol–water partition coefficient (Wildman–Crippen LogP) is 6.25. The summed E-state index contributed by atoms with van der Waals surface area (Å²) in [7, 11) is -3.24. The van der Waals surface area contributed by atoms with Crippen molar-refractivity contribution < 1.29 is 12.8 Å². The molecule has 5 aromatic rings. The Morgan fingerprint density at radius 2 is 1.53 bits per heavy atom. The molecule has 7 heteroatoms. The lowest BCUT2D eigenvalue weighted by atomic mass is 10.0. The number of benzene rings is 3. The molecule has 0 amide bonds. The van der Waals surface area contributed by atoms with E-state index in [4.69, 9.17) is 0 Å². The second-order valence-corrected chi connectivity index (χ2v) is 9.97. The molecule has 0 atom stereocenters. The molecule has 3 aromatic carbocycles. The number of fused-ring (bicyclic) bond motifs is 1. The molecule has 0 saturated heterocycles. The summed E-state index contributed by atoms with van der Waals surface area (Å²) in [4.78, 5) is 9.16. The Morgan fingerprint density at radius 1 is 0.765 bits per heavy atom. The number of rotatable bonds is 5. The van der Waals surface area contributed by atoms with Crippen molar-refractivity contribution in [2.75, 3.05) is 11.6 Å². The van der Waals surface area contributed by atoms with Gasteiger partial charge in [0, 0.05) is 41.0 Å². The number of nitrogens with one attached hydrogen (secondary N) is 1. The van der Waals surface area contributed by atoms with Crippen LogP contribution < -0.4 is 5.32 Å². The van der Waals surface area contributed by atoms with Gasteiger partial charge in [-0.15, -0.1) is 0 Å². The molecule has 34 heavy (non-hydrogen) atoms. The van der Waals surface area contributed by atoms with Gasteiger partial charge in [-0.25, -0.2) is 12.8 Å². The van der Waals surface area contributed by atoms with Crippen LogP contribution in [0, 0.1) is 5.82 Å². The minimum Gasteiger partial charge on any atom is -0.355 e. The molecule has 1 N–H and O–H groups in total. The van der Waals surface area contributed by atoms with Gasteiger partial charge >= 0.3 is 0 Å². The molecule has 0 spiro atoms. The van der Waals surface area contributed by atoms with E-state index in [1.807, 2.05) is 42.5 Å². The average Bonchev–Trinajstić information content (AvgIpc) is 2.84. The SMILES string of the molecule is CS(=O)(=O)c1ccc(-c2ccc3c(Nc4ccnc(-c5cccc(F)c5)c4)ccnc3c2)cc1. The first-order chi connectivity index (χ1) is 16.4. The van der Waals surface area contributed by atoms with Crippen molar-refractivity contribution in [2.24, 2.45) is 0 Å². The largest absolute Gasteiger partial charge is 0.355 e. The van der Waals surface area contributed by atoms with Crippen molar-refractivity contribution in [3.8, 4) is 22.4 Å². The number of hydrogen-bond donors (Lipinski definition) is 1. The molecule has 0 aliphatic heterocycles. The van der Waals surface area contributed by atoms with Crippen molar-refractivity contribution >= 4 is 32.1 Å². The van der Waals surface area contributed by atoms with Crippen LogP contribution in [0.5, 0.6) is 0 Å². The highest BCUT2D eigenvalue weighted by molar-refractivity contribution is 7.90. The molecule has 0 fully saturated rings. The van der Waals surface area contributed by atoms with Crippen LogP contribution in [0.25, 0.3) is 33.3 Å². The van der Waals surface area contributed by atoms with Gasteiger partial charge in [0.25, 0.3) is 0 Å². The van der Waals surface area contributed by atoms with Crippen molar-refractivity contribution in [3.63, 3.8) is 0 Å². The van der Waals surface area contributed by atoms with Crippen LogP contribution in [0.3, 0.4) is 0 Å². The summed E-state index contributed by atoms with van der Waals surface area (Å²) in [6.45, 7) is 0. The fourth-order valence-electron chi connectivity index (χ4n) is 3.80. The van der Waals surface area contributed by atoms with E-state index in [0.717, 1.165) is 33.4 Å². The van der Waals surface area contributed by atoms with Gasteiger partial charge in [-0.1, -0.05) is 36.4 Å². The zero-order chi connectivity index (χ0) is 23.7. The fourth-order valence-corrected chi connectivity index (χ4v) is 4.43. The Bertz CT molecular complexity index is 1620. The molecule has 5 nitrogen and oxygen atoms in total. The monoisotopic (exact) mass is 469 g/mol. The average molecular weight is 470 g/mol. The zero-order valence-corrected chi connectivity index (χ0v) is 19.1. The maximum Gasteiger partial charge on any atom is 0.175 e. The van der Waals surface area contributed by atoms with Gasteiger partial charge in [-0.05, 0) is 59.7 Å². The smallest absolute Gasteiger partial charge is 0.175 e. The summed E-state index contributed by atoms with van der Waals surface area (Å²) in [5, 5.41) is 4.35. The van der Waals surface area contributed by atoms with Crippen molar-refractivity contribution in [2.45, 2.75) is 4.90 Å². The zero-order valence-electron chi connectivity index (χ0n) is 18.2. The Kier molecular flexibility index (Phi) is 5.55. The fraction of sp³-hybridized carbons (Fsp3) is 0.0370. The maximum atomic E-state index is 13.6. The van der Waals surface area contributed by atoms with E-state index < -0.39 is 9.84 Å². The summed E-state index contributed by atoms with van der Waals surface area (Å²) >= 11 is 0. The molecule has 0 radical (unpaired) electrons. The van der Waals surface area contributed by atoms with Crippen LogP contribution >= 0.6 is 0 Å². The van der Waals surface area contributed by atoms with Gasteiger partial charge in [0.2, 0.25) is 0 Å². The molecular weight excluding hydrogens is 449 g/mol. The summed E-state index contributed by atoms with van der Waals surface area (Å²) in [6.07, 6.45) is 4.61. The highest BCUT2D eigenvalue weighted by Crippen LogP contribution is 2.30. The van der Waals surface area contributed by atoms with Gasteiger partial charge in [0.1, 0.15) is 5.82 Å². The van der Waals surface area contributed by atoms with E-state index >= 15 is 0 Å². The topological polar surface area (TPSA) is 72.0 Å². The van der Waals surface area contributed by atoms with Gasteiger partial charge in [-0.3, -0.25) is 9.97 Å². The van der Waals surface area contributed by atoms with Gasteiger partial charge in [0.15, 0.2) is 9.84 Å². The van der Waals surface area contributed by atoms with E-state index in [-0.39, 0.29) is 10.7 Å². The number of anilines is 2. The summed E-state index contributed by atoms with van der Waals surface area (Å²) < 4.78 is 37.1. The van der Waals surface area contributed by atoms with Crippen molar-refractivity contribution in [3.05, 3.63) is 103 Å². The molecule has 5 rings (SSSR count). The normalized spacial score (nSPS) is 11.5. The molecule has 0 unspecified atom stereocenters. The summed E-state index contributed by atoms with van der Waals surface area (Å²) in [5.74, 6) is -0.306. The molecular formula is C27H20FN3O2S. The van der Waals surface area contributed by atoms with Crippen LogP contribution in [0.1, 0.15) is 0 Å². The predicted molar refractivity (Wildman–Crippen MR) is 133 cm³/mol. The Labute approximate surface area is 196 Å². The number of aromatic nitrogens is 2. The molecule has 2 heterocycles. The quantitative estimate of drug-likeness (QED) is 0.329. The lowest BCUT2D eigenvalue weighted by Crippen LogP contribution is -1.96. The van der Waals surface area contributed by atoms with E-state index in [9.17, 15) is 12.8 Å². The van der Waals surface area contributed by atoms with Crippen LogP contribution in [-0.4, -0.2) is 24.6 Å². The van der Waals surface area contributed by atoms with Gasteiger partial charge < -0.3 is 5.32 Å². The lowest BCUT2D eigenvalue weighted by Gasteiger charge is -2.12.